The van der Waals surface area contributed by atoms with Gasteiger partial charge in [0.15, 0.2) is 0 Å². The highest BCUT2D eigenvalue weighted by Crippen LogP contribution is 2.13. The summed E-state index contributed by atoms with van der Waals surface area (Å²) in [7, 11) is 0. The monoisotopic (exact) mass is 366 g/mol. The first-order valence-electron chi connectivity index (χ1n) is 12.0. The van der Waals surface area contributed by atoms with Crippen LogP contribution in [0.15, 0.2) is 0 Å². The van der Waals surface area contributed by atoms with Crippen LogP contribution in [0.1, 0.15) is 105 Å². The van der Waals surface area contributed by atoms with Crippen molar-refractivity contribution >= 4 is 0 Å². The molecular formula is C24H50N2. The second-order valence-corrected chi connectivity index (χ2v) is 9.58. The smallest absolute Gasteiger partial charge is 0.00163 e. The molecule has 0 bridgehead atoms. The summed E-state index contributed by atoms with van der Waals surface area (Å²) in [5, 5.41) is 0. The van der Waals surface area contributed by atoms with Crippen molar-refractivity contribution in [2.45, 2.75) is 105 Å². The molecule has 0 aromatic heterocycles. The summed E-state index contributed by atoms with van der Waals surface area (Å²) in [5.41, 5.74) is 0. The molecule has 0 spiro atoms. The van der Waals surface area contributed by atoms with Crippen molar-refractivity contribution in [1.29, 1.82) is 0 Å². The number of nitrogens with zero attached hydrogens (tertiary/aromatic N) is 2. The van der Waals surface area contributed by atoms with Crippen molar-refractivity contribution in [3.63, 3.8) is 0 Å². The van der Waals surface area contributed by atoms with Crippen molar-refractivity contribution < 1.29 is 0 Å². The van der Waals surface area contributed by atoms with Gasteiger partial charge in [-0.1, -0.05) is 66.2 Å². The van der Waals surface area contributed by atoms with Crippen LogP contribution in [0.2, 0.25) is 0 Å². The molecular weight excluding hydrogens is 316 g/mol. The Morgan fingerprint density at radius 3 is 1.65 bits per heavy atom. The van der Waals surface area contributed by atoms with E-state index in [1.54, 1.807) is 0 Å². The molecule has 0 N–H and O–H groups in total. The van der Waals surface area contributed by atoms with E-state index in [0.29, 0.717) is 0 Å². The number of rotatable bonds is 16. The van der Waals surface area contributed by atoms with Crippen molar-refractivity contribution in [3.05, 3.63) is 0 Å². The van der Waals surface area contributed by atoms with E-state index in [0.717, 1.165) is 11.8 Å². The molecule has 0 saturated carbocycles. The number of piperidine rings is 1. The van der Waals surface area contributed by atoms with E-state index in [9.17, 15) is 0 Å². The first-order chi connectivity index (χ1) is 12.6. The summed E-state index contributed by atoms with van der Waals surface area (Å²) in [5.74, 6) is 1.67. The third-order valence-electron chi connectivity index (χ3n) is 5.94. The molecule has 0 atom stereocenters. The lowest BCUT2D eigenvalue weighted by atomic mass is 10.1. The first kappa shape index (κ1) is 24.0. The van der Waals surface area contributed by atoms with Gasteiger partial charge in [0.2, 0.25) is 0 Å². The average molecular weight is 367 g/mol. The summed E-state index contributed by atoms with van der Waals surface area (Å²) in [6.45, 7) is 17.4. The third kappa shape index (κ3) is 14.0. The molecule has 26 heavy (non-hydrogen) atoms. The van der Waals surface area contributed by atoms with Crippen LogP contribution in [-0.4, -0.2) is 49.1 Å². The van der Waals surface area contributed by atoms with Crippen molar-refractivity contribution in [2.75, 3.05) is 39.3 Å². The number of hydrogen-bond donors (Lipinski definition) is 0. The zero-order valence-corrected chi connectivity index (χ0v) is 18.8. The van der Waals surface area contributed by atoms with Crippen LogP contribution in [0.4, 0.5) is 0 Å². The van der Waals surface area contributed by atoms with E-state index in [1.165, 1.54) is 116 Å². The molecule has 1 fully saturated rings. The zero-order chi connectivity index (χ0) is 19.0. The van der Waals surface area contributed by atoms with Gasteiger partial charge >= 0.3 is 0 Å². The highest BCUT2D eigenvalue weighted by Gasteiger charge is 2.09. The Labute approximate surface area is 166 Å². The van der Waals surface area contributed by atoms with Gasteiger partial charge in [-0.05, 0) is 89.6 Å². The normalized spacial score (nSPS) is 16.3. The van der Waals surface area contributed by atoms with E-state index >= 15 is 0 Å². The second-order valence-electron chi connectivity index (χ2n) is 9.58. The molecule has 156 valence electrons. The lowest BCUT2D eigenvalue weighted by molar-refractivity contribution is 0.224. The molecule has 0 amide bonds. The van der Waals surface area contributed by atoms with Crippen LogP contribution in [-0.2, 0) is 0 Å². The molecule has 2 nitrogen and oxygen atoms in total. The molecule has 0 radical (unpaired) electrons. The van der Waals surface area contributed by atoms with Gasteiger partial charge in [-0.2, -0.15) is 0 Å². The molecule has 2 heteroatoms. The Kier molecular flexibility index (Phi) is 14.7. The predicted molar refractivity (Wildman–Crippen MR) is 118 cm³/mol. The van der Waals surface area contributed by atoms with Gasteiger partial charge in [0.05, 0.1) is 0 Å². The van der Waals surface area contributed by atoms with Gasteiger partial charge in [0.1, 0.15) is 0 Å². The molecule has 0 aromatic rings. The molecule has 0 aliphatic carbocycles. The molecule has 1 saturated heterocycles. The Bertz CT molecular complexity index is 283. The van der Waals surface area contributed by atoms with Crippen LogP contribution in [0, 0.1) is 11.8 Å². The average Bonchev–Trinajstić information content (AvgIpc) is 2.62. The van der Waals surface area contributed by atoms with Crippen molar-refractivity contribution in [2.24, 2.45) is 11.8 Å². The van der Waals surface area contributed by atoms with Crippen LogP contribution < -0.4 is 0 Å². The third-order valence-corrected chi connectivity index (χ3v) is 5.94. The topological polar surface area (TPSA) is 6.48 Å². The Morgan fingerprint density at radius 2 is 1.12 bits per heavy atom. The van der Waals surface area contributed by atoms with Gasteiger partial charge in [0.25, 0.3) is 0 Å². The second kappa shape index (κ2) is 15.9. The van der Waals surface area contributed by atoms with Crippen LogP contribution in [0.5, 0.6) is 0 Å². The molecule has 1 heterocycles. The SMILES string of the molecule is CC(C)CCN(CCCCCCCCCN1CCCCC1)CCC(C)C. The van der Waals surface area contributed by atoms with E-state index in [-0.39, 0.29) is 0 Å². The maximum atomic E-state index is 2.73. The largest absolute Gasteiger partial charge is 0.303 e. The predicted octanol–water partition coefficient (Wildman–Crippen LogP) is 6.60. The summed E-state index contributed by atoms with van der Waals surface area (Å²) >= 11 is 0. The zero-order valence-electron chi connectivity index (χ0n) is 18.8. The minimum Gasteiger partial charge on any atom is -0.303 e. The maximum absolute atomic E-state index is 2.73. The minimum absolute atomic E-state index is 0.835. The van der Waals surface area contributed by atoms with Crippen LogP contribution in [0.3, 0.4) is 0 Å². The molecule has 0 unspecified atom stereocenters. The lowest BCUT2D eigenvalue weighted by Gasteiger charge is -2.26. The van der Waals surface area contributed by atoms with Crippen molar-refractivity contribution in [3.8, 4) is 0 Å². The summed E-state index contributed by atoms with van der Waals surface area (Å²) in [6, 6.07) is 0. The number of likely N-dealkylation sites (tertiary alicyclic amines) is 1. The van der Waals surface area contributed by atoms with Gasteiger partial charge in [-0.15, -0.1) is 0 Å². The first-order valence-corrected chi connectivity index (χ1v) is 12.0. The number of hydrogen-bond acceptors (Lipinski definition) is 2. The van der Waals surface area contributed by atoms with E-state index < -0.39 is 0 Å². The van der Waals surface area contributed by atoms with Gasteiger partial charge in [0, 0.05) is 0 Å². The summed E-state index contributed by atoms with van der Waals surface area (Å²) in [6.07, 6.45) is 17.1. The lowest BCUT2D eigenvalue weighted by Crippen LogP contribution is -2.30. The molecule has 0 aromatic carbocycles. The van der Waals surface area contributed by atoms with E-state index in [1.807, 2.05) is 0 Å². The van der Waals surface area contributed by atoms with E-state index in [4.69, 9.17) is 0 Å². The summed E-state index contributed by atoms with van der Waals surface area (Å²) in [4.78, 5) is 5.42. The fourth-order valence-electron chi connectivity index (χ4n) is 3.95. The fraction of sp³-hybridized carbons (Fsp3) is 1.00. The highest BCUT2D eigenvalue weighted by atomic mass is 15.1. The summed E-state index contributed by atoms with van der Waals surface area (Å²) < 4.78 is 0. The Morgan fingerprint density at radius 1 is 0.615 bits per heavy atom. The van der Waals surface area contributed by atoms with Gasteiger partial charge in [-0.3, -0.25) is 0 Å². The van der Waals surface area contributed by atoms with Gasteiger partial charge in [-0.25, -0.2) is 0 Å². The van der Waals surface area contributed by atoms with Gasteiger partial charge < -0.3 is 9.80 Å². The standard InChI is InChI=1S/C24H50N2/c1-23(2)15-21-26(22-16-24(3)4)20-12-9-7-5-6-8-11-17-25-18-13-10-14-19-25/h23-24H,5-22H2,1-4H3. The number of unbranched alkanes of at least 4 members (excludes halogenated alkanes) is 6. The maximum Gasteiger partial charge on any atom is -0.00163 e. The Balaban J connectivity index is 1.95. The van der Waals surface area contributed by atoms with E-state index in [2.05, 4.69) is 37.5 Å². The fourth-order valence-corrected chi connectivity index (χ4v) is 3.95. The Hall–Kier alpha value is -0.0800. The van der Waals surface area contributed by atoms with Crippen molar-refractivity contribution in [1.82, 2.24) is 9.80 Å². The minimum atomic E-state index is 0.835. The molecule has 1 aliphatic heterocycles. The molecule has 1 rings (SSSR count). The van der Waals surface area contributed by atoms with Crippen LogP contribution in [0.25, 0.3) is 0 Å². The van der Waals surface area contributed by atoms with Crippen LogP contribution >= 0.6 is 0 Å². The molecule has 1 aliphatic rings. The highest BCUT2D eigenvalue weighted by molar-refractivity contribution is 4.64. The quantitative estimate of drug-likeness (QED) is 0.284.